The Morgan fingerprint density at radius 1 is 0.435 bits per heavy atom. The largest absolute Gasteiger partial charge is 0.0654 e. The van der Waals surface area contributed by atoms with Crippen molar-refractivity contribution in [2.75, 3.05) is 0 Å². The Kier molecular flexibility index (Phi) is 18.3. The van der Waals surface area contributed by atoms with Crippen LogP contribution in [0, 0.1) is 18.3 Å². The van der Waals surface area contributed by atoms with E-state index in [1.54, 1.807) is 0 Å². The normalized spacial score (nSPS) is 14.1. The molecule has 0 aromatic heterocycles. The monoisotopic (exact) mass is 323 g/mol. The molecule has 0 fully saturated rings. The van der Waals surface area contributed by atoms with Crippen LogP contribution in [0.25, 0.3) is 0 Å². The molecule has 0 heterocycles. The van der Waals surface area contributed by atoms with E-state index in [1.165, 1.54) is 103 Å². The Balaban J connectivity index is 4.20. The molecule has 0 aliphatic rings. The standard InChI is InChI=1S/C23H47/c1-5-9-12-15-19-22(17-8-4)21-23(18-14-11-7-3)20-16-13-10-6-2/h21-23H,5-20H2,1-4H3. The van der Waals surface area contributed by atoms with Gasteiger partial charge in [0.25, 0.3) is 0 Å². The van der Waals surface area contributed by atoms with Gasteiger partial charge in [0.15, 0.2) is 0 Å². The quantitative estimate of drug-likeness (QED) is 0.221. The van der Waals surface area contributed by atoms with E-state index in [9.17, 15) is 0 Å². The second kappa shape index (κ2) is 18.3. The highest BCUT2D eigenvalue weighted by molar-refractivity contribution is 4.84. The van der Waals surface area contributed by atoms with Gasteiger partial charge in [-0.05, 0) is 18.3 Å². The fraction of sp³-hybridized carbons (Fsp3) is 0.957. The molecule has 0 amide bonds. The highest BCUT2D eigenvalue weighted by Gasteiger charge is 2.16. The predicted molar refractivity (Wildman–Crippen MR) is 108 cm³/mol. The van der Waals surface area contributed by atoms with Crippen molar-refractivity contribution in [2.45, 2.75) is 130 Å². The van der Waals surface area contributed by atoms with E-state index < -0.39 is 0 Å². The van der Waals surface area contributed by atoms with Crippen LogP contribution in [0.4, 0.5) is 0 Å². The van der Waals surface area contributed by atoms with E-state index in [0.29, 0.717) is 0 Å². The summed E-state index contributed by atoms with van der Waals surface area (Å²) in [6, 6.07) is 0. The third-order valence-electron chi connectivity index (χ3n) is 5.24. The smallest absolute Gasteiger partial charge is 0.0324 e. The summed E-state index contributed by atoms with van der Waals surface area (Å²) in [6.07, 6.45) is 25.5. The Morgan fingerprint density at radius 3 is 1.26 bits per heavy atom. The number of hydrogen-bond acceptors (Lipinski definition) is 0. The average Bonchev–Trinajstić information content (AvgIpc) is 2.55. The maximum absolute atomic E-state index is 2.80. The molecule has 2 unspecified atom stereocenters. The van der Waals surface area contributed by atoms with Gasteiger partial charge in [-0.3, -0.25) is 0 Å². The van der Waals surface area contributed by atoms with Gasteiger partial charge in [-0.25, -0.2) is 0 Å². The lowest BCUT2D eigenvalue weighted by Crippen LogP contribution is -2.11. The van der Waals surface area contributed by atoms with E-state index in [-0.39, 0.29) is 0 Å². The van der Waals surface area contributed by atoms with Crippen molar-refractivity contribution in [3.8, 4) is 0 Å². The fourth-order valence-corrected chi connectivity index (χ4v) is 3.75. The third-order valence-corrected chi connectivity index (χ3v) is 5.24. The van der Waals surface area contributed by atoms with E-state index >= 15 is 0 Å². The van der Waals surface area contributed by atoms with Gasteiger partial charge in [0, 0.05) is 0 Å². The van der Waals surface area contributed by atoms with Gasteiger partial charge in [-0.1, -0.05) is 130 Å². The molecule has 0 N–H and O–H groups in total. The first-order valence-corrected chi connectivity index (χ1v) is 11.1. The zero-order valence-corrected chi connectivity index (χ0v) is 17.0. The molecule has 0 spiro atoms. The lowest BCUT2D eigenvalue weighted by atomic mass is 9.82. The molecule has 0 aromatic rings. The van der Waals surface area contributed by atoms with E-state index in [0.717, 1.165) is 11.8 Å². The summed E-state index contributed by atoms with van der Waals surface area (Å²) in [5.74, 6) is 1.80. The first-order valence-electron chi connectivity index (χ1n) is 11.1. The fourth-order valence-electron chi connectivity index (χ4n) is 3.75. The minimum Gasteiger partial charge on any atom is -0.0654 e. The minimum atomic E-state index is 0.898. The van der Waals surface area contributed by atoms with Gasteiger partial charge in [0.05, 0.1) is 0 Å². The van der Waals surface area contributed by atoms with E-state index in [2.05, 4.69) is 34.1 Å². The summed E-state index contributed by atoms with van der Waals surface area (Å²) in [5.41, 5.74) is 0. The third kappa shape index (κ3) is 15.3. The van der Waals surface area contributed by atoms with Crippen LogP contribution < -0.4 is 0 Å². The molecule has 0 bridgehead atoms. The summed E-state index contributed by atoms with van der Waals surface area (Å²) >= 11 is 0. The van der Waals surface area contributed by atoms with Crippen LogP contribution in [0.2, 0.25) is 0 Å². The molecule has 0 heteroatoms. The first kappa shape index (κ1) is 23.0. The van der Waals surface area contributed by atoms with Gasteiger partial charge >= 0.3 is 0 Å². The summed E-state index contributed by atoms with van der Waals surface area (Å²) in [5, 5.41) is 0. The lowest BCUT2D eigenvalue weighted by Gasteiger charge is -2.23. The molecule has 23 heavy (non-hydrogen) atoms. The van der Waals surface area contributed by atoms with Crippen molar-refractivity contribution in [1.29, 1.82) is 0 Å². The molecular formula is C23H47. The van der Waals surface area contributed by atoms with Crippen molar-refractivity contribution in [3.63, 3.8) is 0 Å². The van der Waals surface area contributed by atoms with Crippen LogP contribution in [0.3, 0.4) is 0 Å². The molecule has 0 aliphatic carbocycles. The average molecular weight is 324 g/mol. The second-order valence-electron chi connectivity index (χ2n) is 7.70. The second-order valence-corrected chi connectivity index (χ2v) is 7.70. The van der Waals surface area contributed by atoms with Crippen molar-refractivity contribution < 1.29 is 0 Å². The minimum absolute atomic E-state index is 0.898. The Hall–Kier alpha value is 0. The van der Waals surface area contributed by atoms with Gasteiger partial charge in [0.1, 0.15) is 0 Å². The molecule has 139 valence electrons. The summed E-state index contributed by atoms with van der Waals surface area (Å²) in [7, 11) is 0. The molecule has 0 rings (SSSR count). The van der Waals surface area contributed by atoms with Crippen LogP contribution in [0.5, 0.6) is 0 Å². The maximum Gasteiger partial charge on any atom is -0.0324 e. The predicted octanol–water partition coefficient (Wildman–Crippen LogP) is 8.74. The molecule has 1 radical (unpaired) electrons. The molecule has 0 aliphatic heterocycles. The highest BCUT2D eigenvalue weighted by atomic mass is 14.2. The van der Waals surface area contributed by atoms with Crippen LogP contribution in [-0.4, -0.2) is 0 Å². The van der Waals surface area contributed by atoms with Gasteiger partial charge < -0.3 is 0 Å². The molecule has 0 saturated carbocycles. The topological polar surface area (TPSA) is 0 Å². The van der Waals surface area contributed by atoms with E-state index in [4.69, 9.17) is 0 Å². The summed E-state index contributed by atoms with van der Waals surface area (Å²) in [4.78, 5) is 0. The molecule has 0 saturated heterocycles. The molecule has 2 atom stereocenters. The lowest BCUT2D eigenvalue weighted by molar-refractivity contribution is 0.373. The Morgan fingerprint density at radius 2 is 0.826 bits per heavy atom. The molecule has 0 nitrogen and oxygen atoms in total. The van der Waals surface area contributed by atoms with Crippen molar-refractivity contribution in [3.05, 3.63) is 6.42 Å². The van der Waals surface area contributed by atoms with Crippen LogP contribution in [0.15, 0.2) is 0 Å². The van der Waals surface area contributed by atoms with Crippen LogP contribution in [0.1, 0.15) is 130 Å². The van der Waals surface area contributed by atoms with Crippen molar-refractivity contribution in [1.82, 2.24) is 0 Å². The number of rotatable bonds is 18. The summed E-state index contributed by atoms with van der Waals surface area (Å²) in [6.45, 7) is 9.32. The number of unbranched alkanes of at least 4 members (excludes halogenated alkanes) is 8. The zero-order chi connectivity index (χ0) is 17.2. The van der Waals surface area contributed by atoms with Crippen LogP contribution >= 0.6 is 0 Å². The summed E-state index contributed by atoms with van der Waals surface area (Å²) < 4.78 is 0. The van der Waals surface area contributed by atoms with Crippen molar-refractivity contribution >= 4 is 0 Å². The van der Waals surface area contributed by atoms with Crippen LogP contribution in [-0.2, 0) is 0 Å². The maximum atomic E-state index is 2.80. The molecular weight excluding hydrogens is 276 g/mol. The number of hydrogen-bond donors (Lipinski definition) is 0. The van der Waals surface area contributed by atoms with Gasteiger partial charge in [0.2, 0.25) is 0 Å². The van der Waals surface area contributed by atoms with Gasteiger partial charge in [-0.2, -0.15) is 0 Å². The molecule has 0 aromatic carbocycles. The van der Waals surface area contributed by atoms with Gasteiger partial charge in [-0.15, -0.1) is 0 Å². The van der Waals surface area contributed by atoms with E-state index in [1.807, 2.05) is 0 Å². The highest BCUT2D eigenvalue weighted by Crippen LogP contribution is 2.29. The SMILES string of the molecule is CCCCCCC([CH]C(CCCCC)CCCCCC)CCC. The zero-order valence-electron chi connectivity index (χ0n) is 17.0. The Bertz CT molecular complexity index is 208. The van der Waals surface area contributed by atoms with Crippen molar-refractivity contribution in [2.24, 2.45) is 11.8 Å². The first-order chi connectivity index (χ1) is 11.3. The Labute approximate surface area is 149 Å².